The number of carbonyl (C=O) groups excluding carboxylic acids is 1. The molecule has 5 nitrogen and oxygen atoms in total. The van der Waals surface area contributed by atoms with Crippen molar-refractivity contribution in [3.8, 4) is 0 Å². The lowest BCUT2D eigenvalue weighted by atomic mass is 10.1. The number of fused-ring (bicyclic) bond motifs is 1. The smallest absolute Gasteiger partial charge is 0.224 e. The van der Waals surface area contributed by atoms with Gasteiger partial charge in [0.1, 0.15) is 0 Å². The number of nitrogens with one attached hydrogen (secondary N) is 3. The van der Waals surface area contributed by atoms with Crippen LogP contribution in [0.1, 0.15) is 18.4 Å². The Bertz CT molecular complexity index is 564. The second-order valence-electron chi connectivity index (χ2n) is 5.13. The molecule has 0 unspecified atom stereocenters. The lowest BCUT2D eigenvalue weighted by Crippen LogP contribution is -2.33. The van der Waals surface area contributed by atoms with Crippen molar-refractivity contribution in [1.82, 2.24) is 15.6 Å². The molecule has 114 valence electrons. The quantitative estimate of drug-likeness (QED) is 0.522. The van der Waals surface area contributed by atoms with Crippen LogP contribution in [-0.2, 0) is 11.2 Å². The summed E-state index contributed by atoms with van der Waals surface area (Å²) in [6.45, 7) is 3.15. The number of carbonyl (C=O) groups is 1. The molecule has 0 saturated carbocycles. The van der Waals surface area contributed by atoms with Gasteiger partial charge in [0.05, 0.1) is 6.42 Å². The summed E-state index contributed by atoms with van der Waals surface area (Å²) in [5.41, 5.74) is 7.54. The van der Waals surface area contributed by atoms with Crippen molar-refractivity contribution in [2.45, 2.75) is 19.3 Å². The molecule has 1 aromatic carbocycles. The average Bonchev–Trinajstić information content (AvgIpc) is 2.90. The molecule has 0 fully saturated rings. The van der Waals surface area contributed by atoms with E-state index in [2.05, 4.69) is 15.6 Å². The van der Waals surface area contributed by atoms with Crippen LogP contribution in [0.4, 0.5) is 0 Å². The van der Waals surface area contributed by atoms with Crippen molar-refractivity contribution in [2.24, 2.45) is 5.73 Å². The second kappa shape index (κ2) is 8.44. The third kappa shape index (κ3) is 4.88. The van der Waals surface area contributed by atoms with Crippen LogP contribution in [0, 0.1) is 0 Å². The fraction of sp³-hybridized carbons (Fsp3) is 0.438. The second-order valence-corrected chi connectivity index (χ2v) is 5.13. The highest BCUT2D eigenvalue weighted by Gasteiger charge is 2.07. The third-order valence-corrected chi connectivity index (χ3v) is 3.46. The van der Waals surface area contributed by atoms with E-state index in [1.165, 1.54) is 0 Å². The number of hydrogen-bond acceptors (Lipinski definition) is 3. The van der Waals surface area contributed by atoms with Crippen molar-refractivity contribution < 1.29 is 4.79 Å². The highest BCUT2D eigenvalue weighted by atomic mass is 16.1. The summed E-state index contributed by atoms with van der Waals surface area (Å²) in [6, 6.07) is 8.03. The summed E-state index contributed by atoms with van der Waals surface area (Å²) in [5, 5.41) is 7.34. The van der Waals surface area contributed by atoms with Crippen molar-refractivity contribution in [3.05, 3.63) is 36.0 Å². The van der Waals surface area contributed by atoms with Crippen LogP contribution in [0.5, 0.6) is 0 Å². The first kappa shape index (κ1) is 15.5. The maximum absolute atomic E-state index is 11.9. The minimum absolute atomic E-state index is 0.0588. The maximum Gasteiger partial charge on any atom is 0.224 e. The van der Waals surface area contributed by atoms with Crippen molar-refractivity contribution >= 4 is 16.8 Å². The lowest BCUT2D eigenvalue weighted by Gasteiger charge is -2.06. The van der Waals surface area contributed by atoms with E-state index < -0.39 is 0 Å². The summed E-state index contributed by atoms with van der Waals surface area (Å²) < 4.78 is 0. The van der Waals surface area contributed by atoms with Gasteiger partial charge in [0.15, 0.2) is 0 Å². The molecule has 0 spiro atoms. The number of amides is 1. The Morgan fingerprint density at radius 1 is 1.14 bits per heavy atom. The highest BCUT2D eigenvalue weighted by Crippen LogP contribution is 2.17. The van der Waals surface area contributed by atoms with Gasteiger partial charge in [-0.25, -0.2) is 0 Å². The minimum Gasteiger partial charge on any atom is -0.361 e. The Hall–Kier alpha value is -1.85. The summed E-state index contributed by atoms with van der Waals surface area (Å²) in [5.74, 6) is 0.0588. The molecule has 1 heterocycles. The number of aromatic amines is 1. The van der Waals surface area contributed by atoms with Crippen LogP contribution in [0.25, 0.3) is 10.9 Å². The van der Waals surface area contributed by atoms with Gasteiger partial charge < -0.3 is 21.4 Å². The molecule has 2 aromatic rings. The molecule has 5 N–H and O–H groups in total. The summed E-state index contributed by atoms with van der Waals surface area (Å²) in [7, 11) is 0. The largest absolute Gasteiger partial charge is 0.361 e. The Morgan fingerprint density at radius 3 is 2.86 bits per heavy atom. The van der Waals surface area contributed by atoms with E-state index >= 15 is 0 Å². The lowest BCUT2D eigenvalue weighted by molar-refractivity contribution is -0.120. The van der Waals surface area contributed by atoms with Crippen LogP contribution in [0.2, 0.25) is 0 Å². The van der Waals surface area contributed by atoms with Gasteiger partial charge in [0.25, 0.3) is 0 Å². The zero-order chi connectivity index (χ0) is 14.9. The van der Waals surface area contributed by atoms with Crippen molar-refractivity contribution in [2.75, 3.05) is 26.2 Å². The van der Waals surface area contributed by atoms with E-state index in [0.717, 1.165) is 48.9 Å². The van der Waals surface area contributed by atoms with Crippen LogP contribution in [-0.4, -0.2) is 37.1 Å². The third-order valence-electron chi connectivity index (χ3n) is 3.46. The number of H-pyrrole nitrogens is 1. The fourth-order valence-electron chi connectivity index (χ4n) is 2.32. The van der Waals surface area contributed by atoms with E-state index in [1.54, 1.807) is 0 Å². The Labute approximate surface area is 125 Å². The van der Waals surface area contributed by atoms with Crippen LogP contribution < -0.4 is 16.4 Å². The van der Waals surface area contributed by atoms with Gasteiger partial charge in [0, 0.05) is 30.2 Å². The van der Waals surface area contributed by atoms with Crippen LogP contribution in [0.15, 0.2) is 30.5 Å². The SMILES string of the molecule is NCCCCNCCNC(=O)Cc1c[nH]c2ccccc12. The Kier molecular flexibility index (Phi) is 6.24. The number of unbranched alkanes of at least 4 members (excludes halogenated alkanes) is 1. The molecule has 0 aliphatic carbocycles. The van der Waals surface area contributed by atoms with Gasteiger partial charge in [-0.1, -0.05) is 18.2 Å². The summed E-state index contributed by atoms with van der Waals surface area (Å²) in [6.07, 6.45) is 4.45. The normalized spacial score (nSPS) is 10.9. The first-order valence-corrected chi connectivity index (χ1v) is 7.53. The molecule has 1 amide bonds. The number of rotatable bonds is 9. The zero-order valence-corrected chi connectivity index (χ0v) is 12.3. The molecule has 21 heavy (non-hydrogen) atoms. The molecule has 0 aliphatic rings. The minimum atomic E-state index is 0.0588. The van der Waals surface area contributed by atoms with E-state index in [1.807, 2.05) is 30.5 Å². The standard InChI is InChI=1S/C16H24N4O/c17-7-3-4-8-18-9-10-19-16(21)11-13-12-20-15-6-2-1-5-14(13)15/h1-2,5-6,12,18,20H,3-4,7-11,17H2,(H,19,21). The summed E-state index contributed by atoms with van der Waals surface area (Å²) >= 11 is 0. The Balaban J connectivity index is 1.68. The number of benzene rings is 1. The summed E-state index contributed by atoms with van der Waals surface area (Å²) in [4.78, 5) is 15.1. The molecule has 5 heteroatoms. The molecule has 0 bridgehead atoms. The molecule has 1 aromatic heterocycles. The van der Waals surface area contributed by atoms with Gasteiger partial charge in [-0.05, 0) is 37.6 Å². The predicted octanol–water partition coefficient (Wildman–Crippen LogP) is 1.16. The van der Waals surface area contributed by atoms with E-state index in [0.29, 0.717) is 13.0 Å². The Morgan fingerprint density at radius 2 is 2.00 bits per heavy atom. The zero-order valence-electron chi connectivity index (χ0n) is 12.3. The number of aromatic nitrogens is 1. The van der Waals surface area contributed by atoms with Crippen molar-refractivity contribution in [3.63, 3.8) is 0 Å². The number of nitrogens with two attached hydrogens (primary N) is 1. The molecule has 2 rings (SSSR count). The first-order chi connectivity index (χ1) is 10.3. The van der Waals surface area contributed by atoms with Gasteiger partial charge >= 0.3 is 0 Å². The predicted molar refractivity (Wildman–Crippen MR) is 86.2 cm³/mol. The number of para-hydroxylation sites is 1. The van der Waals surface area contributed by atoms with Gasteiger partial charge in [-0.15, -0.1) is 0 Å². The van der Waals surface area contributed by atoms with Crippen LogP contribution in [0.3, 0.4) is 0 Å². The maximum atomic E-state index is 11.9. The van der Waals surface area contributed by atoms with Crippen molar-refractivity contribution in [1.29, 1.82) is 0 Å². The van der Waals surface area contributed by atoms with Gasteiger partial charge in [0.2, 0.25) is 5.91 Å². The molecular weight excluding hydrogens is 264 g/mol. The van der Waals surface area contributed by atoms with E-state index in [9.17, 15) is 4.79 Å². The van der Waals surface area contributed by atoms with E-state index in [-0.39, 0.29) is 5.91 Å². The topological polar surface area (TPSA) is 82.9 Å². The molecule has 0 atom stereocenters. The monoisotopic (exact) mass is 288 g/mol. The molecule has 0 radical (unpaired) electrons. The van der Waals surface area contributed by atoms with Gasteiger partial charge in [-0.2, -0.15) is 0 Å². The fourth-order valence-corrected chi connectivity index (χ4v) is 2.32. The van der Waals surface area contributed by atoms with Gasteiger partial charge in [-0.3, -0.25) is 4.79 Å². The molecule has 0 saturated heterocycles. The number of hydrogen-bond donors (Lipinski definition) is 4. The molecule has 0 aliphatic heterocycles. The molecular formula is C16H24N4O. The average molecular weight is 288 g/mol. The van der Waals surface area contributed by atoms with Crippen LogP contribution >= 0.6 is 0 Å². The van der Waals surface area contributed by atoms with E-state index in [4.69, 9.17) is 5.73 Å². The highest BCUT2D eigenvalue weighted by molar-refractivity contribution is 5.88. The first-order valence-electron chi connectivity index (χ1n) is 7.53.